The van der Waals surface area contributed by atoms with E-state index < -0.39 is 28.5 Å². The average Bonchev–Trinajstić information content (AvgIpc) is 2.77. The molecule has 2 aromatic carbocycles. The van der Waals surface area contributed by atoms with Crippen LogP contribution in [0.4, 0.5) is 5.69 Å². The van der Waals surface area contributed by atoms with E-state index in [1.165, 1.54) is 4.90 Å². The molecule has 0 spiro atoms. The molecule has 1 N–H and O–H groups in total. The van der Waals surface area contributed by atoms with E-state index in [1.807, 2.05) is 33.8 Å². The average molecular weight is 543 g/mol. The number of benzene rings is 2. The van der Waals surface area contributed by atoms with Gasteiger partial charge in [-0.25, -0.2) is 8.42 Å². The van der Waals surface area contributed by atoms with Gasteiger partial charge in [-0.3, -0.25) is 13.9 Å². The van der Waals surface area contributed by atoms with E-state index in [1.54, 1.807) is 37.3 Å². The van der Waals surface area contributed by atoms with Crippen molar-refractivity contribution < 1.29 is 18.0 Å². The number of carbonyl (C=O) groups excluding carboxylic acids is 2. The molecule has 0 bridgehead atoms. The summed E-state index contributed by atoms with van der Waals surface area (Å²) in [5, 5.41) is 3.53. The summed E-state index contributed by atoms with van der Waals surface area (Å²) in [6.45, 7) is 9.40. The first kappa shape index (κ1) is 28.9. The molecule has 192 valence electrons. The number of hydrogen-bond acceptors (Lipinski definition) is 4. The second kappa shape index (κ2) is 12.1. The number of rotatable bonds is 10. The standard InChI is InChI=1S/C25H33Cl2N3O4S/c1-16(2)13-28-25(32)19(5)29(14-20-8-10-22(26)23(27)12-20)24(31)15-30(35(6,33)34)21-9-7-17(3)18(4)11-21/h7-12,16,19H,13-15H2,1-6H3,(H,28,32)/t19-/m0/s1. The van der Waals surface area contributed by atoms with Crippen LogP contribution in [0.25, 0.3) is 0 Å². The lowest BCUT2D eigenvalue weighted by molar-refractivity contribution is -0.139. The molecule has 0 radical (unpaired) electrons. The maximum absolute atomic E-state index is 13.5. The highest BCUT2D eigenvalue weighted by Crippen LogP contribution is 2.25. The Hall–Kier alpha value is -2.29. The monoisotopic (exact) mass is 541 g/mol. The molecule has 2 aromatic rings. The molecule has 0 aliphatic rings. The third-order valence-corrected chi connectivity index (χ3v) is 7.53. The number of carbonyl (C=O) groups is 2. The van der Waals surface area contributed by atoms with Crippen molar-refractivity contribution in [3.05, 3.63) is 63.1 Å². The van der Waals surface area contributed by atoms with Gasteiger partial charge in [-0.05, 0) is 67.6 Å². The summed E-state index contributed by atoms with van der Waals surface area (Å²) in [5.74, 6) is -0.619. The van der Waals surface area contributed by atoms with Crippen molar-refractivity contribution in [2.24, 2.45) is 5.92 Å². The Morgan fingerprint density at radius 2 is 1.63 bits per heavy atom. The molecular weight excluding hydrogens is 509 g/mol. The Morgan fingerprint density at radius 1 is 0.971 bits per heavy atom. The number of amides is 2. The summed E-state index contributed by atoms with van der Waals surface area (Å²) in [5.41, 5.74) is 2.95. The Morgan fingerprint density at radius 3 is 2.17 bits per heavy atom. The van der Waals surface area contributed by atoms with Crippen molar-refractivity contribution in [3.8, 4) is 0 Å². The van der Waals surface area contributed by atoms with Crippen LogP contribution in [0, 0.1) is 19.8 Å². The van der Waals surface area contributed by atoms with Crippen LogP contribution in [0.1, 0.15) is 37.5 Å². The molecule has 0 aromatic heterocycles. The van der Waals surface area contributed by atoms with Gasteiger partial charge in [0.05, 0.1) is 22.0 Å². The lowest BCUT2D eigenvalue weighted by atomic mass is 10.1. The molecule has 0 unspecified atom stereocenters. The van der Waals surface area contributed by atoms with E-state index in [2.05, 4.69) is 5.32 Å². The fraction of sp³-hybridized carbons (Fsp3) is 0.440. The van der Waals surface area contributed by atoms with Gasteiger partial charge in [0.15, 0.2) is 0 Å². The van der Waals surface area contributed by atoms with E-state index in [4.69, 9.17) is 23.2 Å². The van der Waals surface area contributed by atoms with Crippen molar-refractivity contribution in [1.82, 2.24) is 10.2 Å². The fourth-order valence-electron chi connectivity index (χ4n) is 3.36. The molecule has 0 aliphatic heterocycles. The van der Waals surface area contributed by atoms with Crippen molar-refractivity contribution in [2.45, 2.75) is 47.2 Å². The molecule has 1 atom stereocenters. The quantitative estimate of drug-likeness (QED) is 0.477. The predicted octanol–water partition coefficient (Wildman–Crippen LogP) is 4.57. The van der Waals surface area contributed by atoms with E-state index in [-0.39, 0.29) is 18.4 Å². The summed E-state index contributed by atoms with van der Waals surface area (Å²) in [7, 11) is -3.78. The van der Waals surface area contributed by atoms with Crippen molar-refractivity contribution >= 4 is 50.7 Å². The van der Waals surface area contributed by atoms with Crippen LogP contribution in [0.2, 0.25) is 10.0 Å². The number of hydrogen-bond donors (Lipinski definition) is 1. The van der Waals surface area contributed by atoms with Gasteiger partial charge in [-0.2, -0.15) is 0 Å². The normalized spacial score (nSPS) is 12.4. The minimum atomic E-state index is -3.78. The molecule has 2 rings (SSSR count). The Bertz CT molecular complexity index is 1190. The zero-order chi connectivity index (χ0) is 26.5. The first-order valence-electron chi connectivity index (χ1n) is 11.3. The third kappa shape index (κ3) is 8.12. The number of nitrogens with zero attached hydrogens (tertiary/aromatic N) is 2. The molecule has 35 heavy (non-hydrogen) atoms. The van der Waals surface area contributed by atoms with Crippen LogP contribution in [-0.2, 0) is 26.2 Å². The molecule has 0 saturated carbocycles. The van der Waals surface area contributed by atoms with Gasteiger partial charge < -0.3 is 10.2 Å². The van der Waals surface area contributed by atoms with Crippen LogP contribution >= 0.6 is 23.2 Å². The summed E-state index contributed by atoms with van der Waals surface area (Å²) in [6.07, 6.45) is 1.05. The van der Waals surface area contributed by atoms with Gasteiger partial charge in [0.1, 0.15) is 12.6 Å². The largest absolute Gasteiger partial charge is 0.354 e. The fourth-order valence-corrected chi connectivity index (χ4v) is 4.53. The lowest BCUT2D eigenvalue weighted by Gasteiger charge is -2.31. The highest BCUT2D eigenvalue weighted by Gasteiger charge is 2.30. The Balaban J connectivity index is 2.41. The number of halogens is 2. The van der Waals surface area contributed by atoms with Crippen molar-refractivity contribution in [1.29, 1.82) is 0 Å². The van der Waals surface area contributed by atoms with Gasteiger partial charge in [0.25, 0.3) is 0 Å². The minimum absolute atomic E-state index is 0.0521. The molecular formula is C25H33Cl2N3O4S. The summed E-state index contributed by atoms with van der Waals surface area (Å²) in [6, 6.07) is 9.30. The first-order chi connectivity index (χ1) is 16.2. The minimum Gasteiger partial charge on any atom is -0.354 e. The van der Waals surface area contributed by atoms with E-state index in [0.717, 1.165) is 21.7 Å². The van der Waals surface area contributed by atoms with Gasteiger partial charge in [0.2, 0.25) is 21.8 Å². The topological polar surface area (TPSA) is 86.8 Å². The molecule has 10 heteroatoms. The van der Waals surface area contributed by atoms with Gasteiger partial charge in [0, 0.05) is 13.1 Å². The predicted molar refractivity (Wildman–Crippen MR) is 142 cm³/mol. The maximum Gasteiger partial charge on any atom is 0.244 e. The first-order valence-corrected chi connectivity index (χ1v) is 13.9. The van der Waals surface area contributed by atoms with Crippen LogP contribution in [-0.4, -0.2) is 50.5 Å². The molecule has 0 heterocycles. The van der Waals surface area contributed by atoms with Gasteiger partial charge >= 0.3 is 0 Å². The second-order valence-corrected chi connectivity index (χ2v) is 11.8. The molecule has 7 nitrogen and oxygen atoms in total. The van der Waals surface area contributed by atoms with Crippen LogP contribution in [0.5, 0.6) is 0 Å². The molecule has 0 aliphatic carbocycles. The summed E-state index contributed by atoms with van der Waals surface area (Å²) < 4.78 is 26.4. The molecule has 2 amide bonds. The number of sulfonamides is 1. The Kier molecular flexibility index (Phi) is 10.0. The third-order valence-electron chi connectivity index (χ3n) is 5.65. The van der Waals surface area contributed by atoms with E-state index >= 15 is 0 Å². The Labute approximate surface area is 218 Å². The van der Waals surface area contributed by atoms with Crippen molar-refractivity contribution in [2.75, 3.05) is 23.7 Å². The second-order valence-electron chi connectivity index (χ2n) is 9.12. The number of anilines is 1. The zero-order valence-corrected chi connectivity index (χ0v) is 23.3. The molecule has 0 fully saturated rings. The van der Waals surface area contributed by atoms with E-state index in [9.17, 15) is 18.0 Å². The highest BCUT2D eigenvalue weighted by atomic mass is 35.5. The van der Waals surface area contributed by atoms with Crippen LogP contribution in [0.3, 0.4) is 0 Å². The molecule has 0 saturated heterocycles. The summed E-state index contributed by atoms with van der Waals surface area (Å²) >= 11 is 12.2. The summed E-state index contributed by atoms with van der Waals surface area (Å²) in [4.78, 5) is 27.8. The van der Waals surface area contributed by atoms with Gasteiger partial charge in [-0.1, -0.05) is 49.2 Å². The highest BCUT2D eigenvalue weighted by molar-refractivity contribution is 7.92. The number of nitrogens with one attached hydrogen (secondary N) is 1. The number of aryl methyl sites for hydroxylation is 2. The zero-order valence-electron chi connectivity index (χ0n) is 20.9. The maximum atomic E-state index is 13.5. The van der Waals surface area contributed by atoms with Crippen molar-refractivity contribution in [3.63, 3.8) is 0 Å². The van der Waals surface area contributed by atoms with Gasteiger partial charge in [-0.15, -0.1) is 0 Å². The smallest absolute Gasteiger partial charge is 0.244 e. The van der Waals surface area contributed by atoms with Crippen LogP contribution < -0.4 is 9.62 Å². The van der Waals surface area contributed by atoms with E-state index in [0.29, 0.717) is 27.8 Å². The lowest BCUT2D eigenvalue weighted by Crippen LogP contribution is -2.51. The SMILES string of the molecule is Cc1ccc(N(CC(=O)N(Cc2ccc(Cl)c(Cl)c2)[C@@H](C)C(=O)NCC(C)C)S(C)(=O)=O)cc1C. The van der Waals surface area contributed by atoms with Crippen LogP contribution in [0.15, 0.2) is 36.4 Å².